The fourth-order valence-electron chi connectivity index (χ4n) is 2.57. The summed E-state index contributed by atoms with van der Waals surface area (Å²) in [6.45, 7) is 1.75. The Balaban J connectivity index is 1.48. The van der Waals surface area contributed by atoms with Crippen LogP contribution in [0.4, 0.5) is 22.0 Å². The van der Waals surface area contributed by atoms with Gasteiger partial charge in [0.25, 0.3) is 0 Å². The van der Waals surface area contributed by atoms with Crippen LogP contribution in [0, 0.1) is 6.92 Å². The van der Waals surface area contributed by atoms with Gasteiger partial charge in [-0.05, 0) is 37.3 Å². The average Bonchev–Trinajstić information content (AvgIpc) is 3.26. The van der Waals surface area contributed by atoms with E-state index in [0.717, 1.165) is 22.3 Å². The molecule has 2 heterocycles. The molecule has 0 spiro atoms. The topological polar surface area (TPSA) is 108 Å². The molecule has 0 radical (unpaired) electrons. The van der Waals surface area contributed by atoms with E-state index in [1.807, 2.05) is 36.4 Å². The van der Waals surface area contributed by atoms with E-state index in [-0.39, 0.29) is 0 Å². The maximum Gasteiger partial charge on any atom is 0.324 e. The standard InChI is InChI=1S/C19H16N6O2/c1-12-9-18(25-27-12)22-19(26)21-14-7-8-15-16(10-14)23-24-17(15)11-20-13-5-3-2-4-6-13/h2-11H,1H3,(H,23,24)(H2,21,22,25,26). The van der Waals surface area contributed by atoms with Gasteiger partial charge in [0, 0.05) is 17.1 Å². The number of nitrogens with one attached hydrogen (secondary N) is 3. The highest BCUT2D eigenvalue weighted by Gasteiger charge is 2.09. The molecule has 0 unspecified atom stereocenters. The number of hydrogen-bond acceptors (Lipinski definition) is 5. The number of aromatic amines is 1. The first-order chi connectivity index (χ1) is 13.2. The molecule has 8 heteroatoms. The number of benzene rings is 2. The maximum atomic E-state index is 12.0. The van der Waals surface area contributed by atoms with E-state index >= 15 is 0 Å². The molecule has 2 aromatic heterocycles. The molecule has 3 N–H and O–H groups in total. The van der Waals surface area contributed by atoms with Gasteiger partial charge in [0.2, 0.25) is 0 Å². The minimum Gasteiger partial charge on any atom is -0.360 e. The van der Waals surface area contributed by atoms with Crippen LogP contribution in [0.3, 0.4) is 0 Å². The second-order valence-electron chi connectivity index (χ2n) is 5.86. The van der Waals surface area contributed by atoms with Gasteiger partial charge in [0.1, 0.15) is 5.76 Å². The number of aryl methyl sites for hydroxylation is 1. The third-order valence-electron chi connectivity index (χ3n) is 3.81. The highest BCUT2D eigenvalue weighted by molar-refractivity contribution is 6.02. The quantitative estimate of drug-likeness (QED) is 0.473. The number of amides is 2. The number of rotatable bonds is 4. The van der Waals surface area contributed by atoms with Crippen LogP contribution in [-0.4, -0.2) is 27.6 Å². The Bertz CT molecular complexity index is 1110. The van der Waals surface area contributed by atoms with E-state index in [1.54, 1.807) is 31.3 Å². The van der Waals surface area contributed by atoms with Gasteiger partial charge >= 0.3 is 6.03 Å². The van der Waals surface area contributed by atoms with E-state index < -0.39 is 6.03 Å². The van der Waals surface area contributed by atoms with Crippen molar-refractivity contribution in [3.05, 3.63) is 66.1 Å². The van der Waals surface area contributed by atoms with Gasteiger partial charge in [-0.3, -0.25) is 15.4 Å². The number of urea groups is 1. The lowest BCUT2D eigenvalue weighted by molar-refractivity contribution is 0.262. The SMILES string of the molecule is Cc1cc(NC(=O)Nc2ccc3c(C=Nc4ccccc4)[nH]nc3c2)no1. The molecule has 2 amide bonds. The zero-order valence-corrected chi connectivity index (χ0v) is 14.4. The van der Waals surface area contributed by atoms with Crippen LogP contribution in [0.2, 0.25) is 0 Å². The van der Waals surface area contributed by atoms with Crippen molar-refractivity contribution in [3.63, 3.8) is 0 Å². The molecule has 0 fully saturated rings. The summed E-state index contributed by atoms with van der Waals surface area (Å²) in [4.78, 5) is 16.5. The lowest BCUT2D eigenvalue weighted by Gasteiger charge is -2.05. The minimum absolute atomic E-state index is 0.352. The fraction of sp³-hybridized carbons (Fsp3) is 0.0526. The Labute approximate surface area is 154 Å². The molecule has 0 aliphatic carbocycles. The van der Waals surface area contributed by atoms with E-state index in [9.17, 15) is 4.79 Å². The molecule has 0 aliphatic rings. The van der Waals surface area contributed by atoms with Crippen molar-refractivity contribution in [2.24, 2.45) is 4.99 Å². The first-order valence-electron chi connectivity index (χ1n) is 8.26. The Hall–Kier alpha value is -3.94. The summed E-state index contributed by atoms with van der Waals surface area (Å²) in [5.41, 5.74) is 2.99. The molecule has 8 nitrogen and oxygen atoms in total. The summed E-state index contributed by atoms with van der Waals surface area (Å²) < 4.78 is 4.91. The van der Waals surface area contributed by atoms with Gasteiger partial charge in [-0.15, -0.1) is 0 Å². The number of nitrogens with zero attached hydrogens (tertiary/aromatic N) is 3. The monoisotopic (exact) mass is 360 g/mol. The fourth-order valence-corrected chi connectivity index (χ4v) is 2.57. The van der Waals surface area contributed by atoms with Crippen molar-refractivity contribution in [1.82, 2.24) is 15.4 Å². The highest BCUT2D eigenvalue weighted by atomic mass is 16.5. The smallest absolute Gasteiger partial charge is 0.324 e. The lowest BCUT2D eigenvalue weighted by Crippen LogP contribution is -2.19. The van der Waals surface area contributed by atoms with Crippen LogP contribution >= 0.6 is 0 Å². The molecule has 4 aromatic rings. The van der Waals surface area contributed by atoms with Crippen molar-refractivity contribution in [1.29, 1.82) is 0 Å². The Morgan fingerprint density at radius 3 is 2.78 bits per heavy atom. The molecular formula is C19H16N6O2. The molecule has 4 rings (SSSR count). The van der Waals surface area contributed by atoms with E-state index in [1.165, 1.54) is 0 Å². The van der Waals surface area contributed by atoms with Crippen molar-refractivity contribution in [2.45, 2.75) is 6.92 Å². The molecule has 134 valence electrons. The molecule has 0 atom stereocenters. The minimum atomic E-state index is -0.413. The summed E-state index contributed by atoms with van der Waals surface area (Å²) in [7, 11) is 0. The van der Waals surface area contributed by atoms with Crippen LogP contribution in [0.5, 0.6) is 0 Å². The van der Waals surface area contributed by atoms with Crippen molar-refractivity contribution >= 4 is 40.3 Å². The molecule has 2 aromatic carbocycles. The maximum absolute atomic E-state index is 12.0. The summed E-state index contributed by atoms with van der Waals surface area (Å²) in [6, 6.07) is 16.3. The number of anilines is 2. The number of carbonyl (C=O) groups excluding carboxylic acids is 1. The molecule has 27 heavy (non-hydrogen) atoms. The summed E-state index contributed by atoms with van der Waals surface area (Å²) >= 11 is 0. The first-order valence-corrected chi connectivity index (χ1v) is 8.26. The number of hydrogen-bond donors (Lipinski definition) is 3. The molecule has 0 bridgehead atoms. The van der Waals surface area contributed by atoms with E-state index in [2.05, 4.69) is 31.0 Å². The lowest BCUT2D eigenvalue weighted by atomic mass is 10.2. The van der Waals surface area contributed by atoms with Gasteiger partial charge in [-0.1, -0.05) is 23.4 Å². The zero-order chi connectivity index (χ0) is 18.6. The third-order valence-corrected chi connectivity index (χ3v) is 3.81. The molecule has 0 aliphatic heterocycles. The van der Waals surface area contributed by atoms with Crippen LogP contribution in [0.1, 0.15) is 11.5 Å². The van der Waals surface area contributed by atoms with Crippen molar-refractivity contribution in [2.75, 3.05) is 10.6 Å². The van der Waals surface area contributed by atoms with Crippen LogP contribution in [-0.2, 0) is 0 Å². The van der Waals surface area contributed by atoms with Gasteiger partial charge < -0.3 is 9.84 Å². The van der Waals surface area contributed by atoms with E-state index in [0.29, 0.717) is 17.3 Å². The van der Waals surface area contributed by atoms with E-state index in [4.69, 9.17) is 4.52 Å². The summed E-state index contributed by atoms with van der Waals surface area (Å²) in [5, 5.41) is 17.2. The Morgan fingerprint density at radius 2 is 2.00 bits per heavy atom. The second-order valence-corrected chi connectivity index (χ2v) is 5.86. The van der Waals surface area contributed by atoms with Gasteiger partial charge in [0.15, 0.2) is 5.82 Å². The molecule has 0 saturated carbocycles. The number of para-hydroxylation sites is 1. The number of H-pyrrole nitrogens is 1. The molecular weight excluding hydrogens is 344 g/mol. The predicted molar refractivity (Wildman–Crippen MR) is 104 cm³/mol. The number of fused-ring (bicyclic) bond motifs is 1. The van der Waals surface area contributed by atoms with Gasteiger partial charge in [0.05, 0.1) is 23.1 Å². The first kappa shape index (κ1) is 16.5. The summed E-state index contributed by atoms with van der Waals surface area (Å²) in [6.07, 6.45) is 1.73. The largest absolute Gasteiger partial charge is 0.360 e. The number of aromatic nitrogens is 3. The molecule has 0 saturated heterocycles. The highest BCUT2D eigenvalue weighted by Crippen LogP contribution is 2.20. The van der Waals surface area contributed by atoms with Crippen LogP contribution < -0.4 is 10.6 Å². The van der Waals surface area contributed by atoms with Gasteiger partial charge in [-0.25, -0.2) is 4.79 Å². The van der Waals surface area contributed by atoms with Gasteiger partial charge in [-0.2, -0.15) is 5.10 Å². The Kier molecular flexibility index (Phi) is 4.36. The predicted octanol–water partition coefficient (Wildman–Crippen LogP) is 4.25. The summed E-state index contributed by atoms with van der Waals surface area (Å²) in [5.74, 6) is 0.971. The third kappa shape index (κ3) is 3.84. The second kappa shape index (κ2) is 7.12. The normalized spacial score (nSPS) is 11.1. The van der Waals surface area contributed by atoms with Crippen molar-refractivity contribution < 1.29 is 9.32 Å². The van der Waals surface area contributed by atoms with Crippen LogP contribution in [0.15, 0.2) is 64.1 Å². The van der Waals surface area contributed by atoms with Crippen molar-refractivity contribution in [3.8, 4) is 0 Å². The number of carbonyl (C=O) groups is 1. The van der Waals surface area contributed by atoms with Crippen LogP contribution in [0.25, 0.3) is 10.9 Å². The Morgan fingerprint density at radius 1 is 1.15 bits per heavy atom. The average molecular weight is 360 g/mol. The zero-order valence-electron chi connectivity index (χ0n) is 14.4. The number of aliphatic imine (C=N–C) groups is 1.